The number of benzene rings is 1. The van der Waals surface area contributed by atoms with Crippen LogP contribution in [0.25, 0.3) is 6.08 Å². The molecule has 1 amide bonds. The fraction of sp³-hybridized carbons (Fsp3) is 0.278. The van der Waals surface area contributed by atoms with E-state index in [0.717, 1.165) is 18.2 Å². The van der Waals surface area contributed by atoms with Gasteiger partial charge in [-0.05, 0) is 24.6 Å². The van der Waals surface area contributed by atoms with Crippen LogP contribution in [0.15, 0.2) is 22.7 Å². The normalized spacial score (nSPS) is 12.2. The number of nitro benzene ring substituents is 1. The molecule has 146 valence electrons. The summed E-state index contributed by atoms with van der Waals surface area (Å²) in [6.07, 6.45) is 7.57. The van der Waals surface area contributed by atoms with Gasteiger partial charge >= 0.3 is 5.69 Å². The van der Waals surface area contributed by atoms with E-state index in [1.807, 2.05) is 0 Å². The fourth-order valence-electron chi connectivity index (χ4n) is 2.10. The Bertz CT molecular complexity index is 895. The first-order chi connectivity index (χ1) is 13.3. The molecule has 0 saturated carbocycles. The number of aliphatic imine (C=N–C) groups is 1. The summed E-state index contributed by atoms with van der Waals surface area (Å²) in [4.78, 5) is 27.7. The molecule has 10 heteroatoms. The first-order valence-electron chi connectivity index (χ1n) is 7.99. The zero-order valence-electron chi connectivity index (χ0n) is 14.9. The highest BCUT2D eigenvalue weighted by Gasteiger charge is 2.20. The maximum Gasteiger partial charge on any atom is 0.315 e. The SMILES string of the molecule is C#C[C@@H](CO)N=CCN(CC)C(=O)/C(C#N)=C/c1cc(O)c(O)c([N+](=O)[O-])c1. The van der Waals surface area contributed by atoms with E-state index < -0.39 is 34.1 Å². The number of likely N-dealkylation sites (N-methyl/N-ethyl adjacent to an activating group) is 1. The number of aliphatic hydroxyl groups excluding tert-OH is 1. The number of carbonyl (C=O) groups excluding carboxylic acids is 1. The molecule has 0 aliphatic heterocycles. The molecule has 0 radical (unpaired) electrons. The van der Waals surface area contributed by atoms with Crippen LogP contribution in [0.2, 0.25) is 0 Å². The second-order valence-electron chi connectivity index (χ2n) is 5.38. The van der Waals surface area contributed by atoms with Crippen molar-refractivity contribution in [2.24, 2.45) is 4.99 Å². The third-order valence-corrected chi connectivity index (χ3v) is 3.57. The van der Waals surface area contributed by atoms with Crippen molar-refractivity contribution in [1.82, 2.24) is 4.90 Å². The summed E-state index contributed by atoms with van der Waals surface area (Å²) in [5.74, 6) is -0.0912. The van der Waals surface area contributed by atoms with Crippen molar-refractivity contribution < 1.29 is 25.0 Å². The van der Waals surface area contributed by atoms with E-state index in [4.69, 9.17) is 11.5 Å². The van der Waals surface area contributed by atoms with Crippen LogP contribution < -0.4 is 0 Å². The quantitative estimate of drug-likeness (QED) is 0.113. The first-order valence-corrected chi connectivity index (χ1v) is 7.99. The zero-order chi connectivity index (χ0) is 21.3. The van der Waals surface area contributed by atoms with E-state index in [-0.39, 0.29) is 30.8 Å². The number of phenolic OH excluding ortho intramolecular Hbond substituents is 2. The molecule has 1 aromatic carbocycles. The lowest BCUT2D eigenvalue weighted by atomic mass is 10.1. The Balaban J connectivity index is 3.15. The highest BCUT2D eigenvalue weighted by Crippen LogP contribution is 2.36. The van der Waals surface area contributed by atoms with E-state index in [1.54, 1.807) is 13.0 Å². The van der Waals surface area contributed by atoms with Crippen molar-refractivity contribution in [1.29, 1.82) is 5.26 Å². The van der Waals surface area contributed by atoms with Gasteiger partial charge in [0.15, 0.2) is 5.75 Å². The Labute approximate surface area is 160 Å². The summed E-state index contributed by atoms with van der Waals surface area (Å²) in [7, 11) is 0. The molecule has 3 N–H and O–H groups in total. The minimum atomic E-state index is -0.912. The maximum absolute atomic E-state index is 12.5. The number of aromatic hydroxyl groups is 2. The number of hydrogen-bond donors (Lipinski definition) is 3. The molecule has 0 bridgehead atoms. The number of nitriles is 1. The summed E-state index contributed by atoms with van der Waals surface area (Å²) >= 11 is 0. The first kappa shape index (κ1) is 22.2. The van der Waals surface area contributed by atoms with E-state index in [0.29, 0.717) is 0 Å². The Morgan fingerprint density at radius 3 is 2.68 bits per heavy atom. The number of carbonyl (C=O) groups is 1. The molecular formula is C18H18N4O6. The third-order valence-electron chi connectivity index (χ3n) is 3.57. The monoisotopic (exact) mass is 386 g/mol. The second-order valence-corrected chi connectivity index (χ2v) is 5.38. The lowest BCUT2D eigenvalue weighted by molar-refractivity contribution is -0.386. The average molecular weight is 386 g/mol. The number of hydrogen-bond acceptors (Lipinski definition) is 8. The smallest absolute Gasteiger partial charge is 0.315 e. The van der Waals surface area contributed by atoms with Crippen molar-refractivity contribution in [3.05, 3.63) is 33.4 Å². The van der Waals surface area contributed by atoms with Gasteiger partial charge in [0.05, 0.1) is 18.1 Å². The Kier molecular flexibility index (Phi) is 8.15. The molecule has 0 spiro atoms. The maximum atomic E-state index is 12.5. The van der Waals surface area contributed by atoms with Crippen LogP contribution in [-0.4, -0.2) is 63.0 Å². The third kappa shape index (κ3) is 5.56. The molecule has 0 heterocycles. The molecule has 0 saturated heterocycles. The van der Waals surface area contributed by atoms with Gasteiger partial charge in [0, 0.05) is 18.8 Å². The average Bonchev–Trinajstić information content (AvgIpc) is 2.68. The zero-order valence-corrected chi connectivity index (χ0v) is 14.9. The van der Waals surface area contributed by atoms with Crippen LogP contribution in [0.1, 0.15) is 12.5 Å². The molecule has 28 heavy (non-hydrogen) atoms. The van der Waals surface area contributed by atoms with E-state index >= 15 is 0 Å². The molecule has 1 atom stereocenters. The summed E-state index contributed by atoms with van der Waals surface area (Å²) in [5.41, 5.74) is -1.12. The van der Waals surface area contributed by atoms with E-state index in [9.17, 15) is 30.4 Å². The van der Waals surface area contributed by atoms with Crippen molar-refractivity contribution in [3.63, 3.8) is 0 Å². The molecule has 0 fully saturated rings. The van der Waals surface area contributed by atoms with Gasteiger partial charge in [0.25, 0.3) is 5.91 Å². The van der Waals surface area contributed by atoms with Crippen LogP contribution in [0.3, 0.4) is 0 Å². The van der Waals surface area contributed by atoms with Crippen LogP contribution in [0.5, 0.6) is 11.5 Å². The Morgan fingerprint density at radius 2 is 2.18 bits per heavy atom. The van der Waals surface area contributed by atoms with Crippen molar-refractivity contribution in [2.45, 2.75) is 13.0 Å². The molecule has 0 aliphatic carbocycles. The number of nitrogens with zero attached hydrogens (tertiary/aromatic N) is 4. The van der Waals surface area contributed by atoms with Gasteiger partial charge in [-0.3, -0.25) is 19.9 Å². The highest BCUT2D eigenvalue weighted by atomic mass is 16.6. The van der Waals surface area contributed by atoms with Gasteiger partial charge in [0.2, 0.25) is 5.75 Å². The van der Waals surface area contributed by atoms with Gasteiger partial charge in [-0.15, -0.1) is 6.42 Å². The van der Waals surface area contributed by atoms with Crippen LogP contribution >= 0.6 is 0 Å². The lowest BCUT2D eigenvalue weighted by Crippen LogP contribution is -2.33. The van der Waals surface area contributed by atoms with E-state index in [1.165, 1.54) is 11.1 Å². The molecule has 0 aliphatic rings. The van der Waals surface area contributed by atoms with Gasteiger partial charge in [-0.25, -0.2) is 0 Å². The topological polar surface area (TPSA) is 160 Å². The van der Waals surface area contributed by atoms with E-state index in [2.05, 4.69) is 10.9 Å². The molecule has 10 nitrogen and oxygen atoms in total. The van der Waals surface area contributed by atoms with Gasteiger partial charge < -0.3 is 20.2 Å². The van der Waals surface area contributed by atoms with Gasteiger partial charge in [0.1, 0.15) is 17.7 Å². The number of amides is 1. The lowest BCUT2D eigenvalue weighted by Gasteiger charge is -2.18. The molecular weight excluding hydrogens is 368 g/mol. The minimum absolute atomic E-state index is 0.00991. The Morgan fingerprint density at radius 1 is 1.50 bits per heavy atom. The number of terminal acetylenes is 1. The summed E-state index contributed by atoms with van der Waals surface area (Å²) in [6.45, 7) is 1.57. The van der Waals surface area contributed by atoms with Crippen molar-refractivity contribution >= 4 is 23.9 Å². The molecule has 0 aromatic heterocycles. The number of nitro groups is 1. The fourth-order valence-corrected chi connectivity index (χ4v) is 2.10. The predicted molar refractivity (Wildman–Crippen MR) is 100 cm³/mol. The van der Waals surface area contributed by atoms with Crippen molar-refractivity contribution in [2.75, 3.05) is 19.7 Å². The number of aliphatic hydroxyl groups is 1. The minimum Gasteiger partial charge on any atom is -0.504 e. The number of phenols is 2. The Hall–Kier alpha value is -3.89. The molecule has 1 rings (SSSR count). The summed E-state index contributed by atoms with van der Waals surface area (Å²) < 4.78 is 0. The van der Waals surface area contributed by atoms with Crippen molar-refractivity contribution in [3.8, 4) is 29.9 Å². The van der Waals surface area contributed by atoms with Crippen LogP contribution in [0.4, 0.5) is 5.69 Å². The number of rotatable bonds is 8. The largest absolute Gasteiger partial charge is 0.504 e. The second kappa shape index (κ2) is 10.3. The van der Waals surface area contributed by atoms with Crippen LogP contribution in [-0.2, 0) is 4.79 Å². The summed E-state index contributed by atoms with van der Waals surface area (Å²) in [5, 5.41) is 48.3. The highest BCUT2D eigenvalue weighted by molar-refractivity contribution is 6.02. The summed E-state index contributed by atoms with van der Waals surface area (Å²) in [6, 6.07) is 2.89. The van der Waals surface area contributed by atoms with Crippen LogP contribution in [0, 0.1) is 33.8 Å². The standard InChI is InChI=1S/C18H18N4O6/c1-3-14(11-23)20-5-6-21(4-2)18(26)13(10-19)7-12-8-15(22(27)28)17(25)16(24)9-12/h1,5,7-9,14,23-25H,4,6,11H2,2H3/b13-7+,20-5?/t14-/m0/s1. The molecule has 1 aromatic rings. The van der Waals surface area contributed by atoms with Gasteiger partial charge in [-0.2, -0.15) is 5.26 Å². The molecule has 0 unspecified atom stereocenters. The van der Waals surface area contributed by atoms with Gasteiger partial charge in [-0.1, -0.05) is 5.92 Å². The predicted octanol–water partition coefficient (Wildman–Crippen LogP) is 0.826.